The van der Waals surface area contributed by atoms with Crippen molar-refractivity contribution in [3.05, 3.63) is 48.5 Å². The number of anilines is 2. The quantitative estimate of drug-likeness (QED) is 0.710. The number of carboxylic acid groups (broad SMARTS) is 1. The van der Waals surface area contributed by atoms with E-state index in [9.17, 15) is 9.90 Å². The molecule has 0 saturated heterocycles. The summed E-state index contributed by atoms with van der Waals surface area (Å²) in [5, 5.41) is 10.6. The van der Waals surface area contributed by atoms with Crippen LogP contribution < -0.4 is 44.3 Å². The molecule has 0 amide bonds. The number of rotatable bonds is 4. The molecule has 2 aromatic carbocycles. The largest absolute Gasteiger partial charge is 1.00 e. The van der Waals surface area contributed by atoms with Gasteiger partial charge in [-0.25, -0.2) is 0 Å². The van der Waals surface area contributed by atoms with Gasteiger partial charge >= 0.3 is 29.6 Å². The van der Waals surface area contributed by atoms with Gasteiger partial charge < -0.3 is 19.5 Å². The first-order chi connectivity index (χ1) is 9.75. The molecular formula is C16H14NNaO3. The molecule has 5 heteroatoms. The number of fused-ring (bicyclic) bond motifs is 2. The monoisotopic (exact) mass is 291 g/mol. The third-order valence-electron chi connectivity index (χ3n) is 3.29. The third kappa shape index (κ3) is 3.40. The average Bonchev–Trinajstić information content (AvgIpc) is 2.46. The molecule has 1 heterocycles. The number of hydrogen-bond acceptors (Lipinski definition) is 4. The molecule has 0 aliphatic carbocycles. The number of para-hydroxylation sites is 4. The van der Waals surface area contributed by atoms with Crippen molar-refractivity contribution in [1.29, 1.82) is 0 Å². The minimum absolute atomic E-state index is 0. The van der Waals surface area contributed by atoms with Crippen LogP contribution in [0.15, 0.2) is 48.5 Å². The van der Waals surface area contributed by atoms with Gasteiger partial charge in [0, 0.05) is 12.5 Å². The van der Waals surface area contributed by atoms with E-state index < -0.39 is 5.97 Å². The minimum atomic E-state index is -1.01. The number of nitrogens with zero attached hydrogens (tertiary/aromatic N) is 1. The summed E-state index contributed by atoms with van der Waals surface area (Å²) in [5.74, 6) is 0.569. The van der Waals surface area contributed by atoms with E-state index in [4.69, 9.17) is 4.74 Å². The van der Waals surface area contributed by atoms with Crippen LogP contribution in [0.1, 0.15) is 12.8 Å². The molecule has 0 atom stereocenters. The number of carbonyl (C=O) groups is 1. The standard InChI is InChI=1S/C16H15NO3.Na/c18-16(19)10-5-11-17-12-6-1-3-8-14(12)20-15-9-4-2-7-13(15)17;/h1-4,6-9H,5,10-11H2,(H,18,19);/q;+1/p-1. The van der Waals surface area contributed by atoms with Gasteiger partial charge in [0.25, 0.3) is 0 Å². The average molecular weight is 291 g/mol. The number of ether oxygens (including phenoxy) is 1. The van der Waals surface area contributed by atoms with Crippen molar-refractivity contribution in [2.24, 2.45) is 0 Å². The molecule has 21 heavy (non-hydrogen) atoms. The Morgan fingerprint density at radius 3 is 2.05 bits per heavy atom. The summed E-state index contributed by atoms with van der Waals surface area (Å²) in [6.07, 6.45) is 0.590. The van der Waals surface area contributed by atoms with Crippen LogP contribution in [0.2, 0.25) is 0 Å². The van der Waals surface area contributed by atoms with Gasteiger partial charge in [-0.3, -0.25) is 0 Å². The van der Waals surface area contributed by atoms with E-state index in [-0.39, 0.29) is 36.0 Å². The summed E-state index contributed by atoms with van der Waals surface area (Å²) in [6.45, 7) is 0.616. The third-order valence-corrected chi connectivity index (χ3v) is 3.29. The molecule has 2 aromatic rings. The van der Waals surface area contributed by atoms with Gasteiger partial charge in [-0.15, -0.1) is 0 Å². The van der Waals surface area contributed by atoms with Crippen molar-refractivity contribution >= 4 is 17.3 Å². The number of aliphatic carboxylic acids is 1. The SMILES string of the molecule is O=C([O-])CCCN1c2ccccc2Oc2ccccc21.[Na+]. The Morgan fingerprint density at radius 1 is 1.00 bits per heavy atom. The maximum absolute atomic E-state index is 10.6. The summed E-state index contributed by atoms with van der Waals surface area (Å²) in [5.41, 5.74) is 1.93. The van der Waals surface area contributed by atoms with E-state index in [0.29, 0.717) is 13.0 Å². The van der Waals surface area contributed by atoms with Gasteiger partial charge in [-0.05, 0) is 37.1 Å². The van der Waals surface area contributed by atoms with Gasteiger partial charge in [0.1, 0.15) is 0 Å². The summed E-state index contributed by atoms with van der Waals surface area (Å²) >= 11 is 0. The molecule has 0 fully saturated rings. The zero-order valence-electron chi connectivity index (χ0n) is 11.9. The number of hydrogen-bond donors (Lipinski definition) is 0. The molecule has 0 radical (unpaired) electrons. The first-order valence-corrected chi connectivity index (χ1v) is 6.59. The first-order valence-electron chi connectivity index (χ1n) is 6.59. The van der Waals surface area contributed by atoms with Gasteiger partial charge in [0.2, 0.25) is 0 Å². The van der Waals surface area contributed by atoms with Crippen molar-refractivity contribution in [2.45, 2.75) is 12.8 Å². The van der Waals surface area contributed by atoms with Crippen molar-refractivity contribution in [3.8, 4) is 11.5 Å². The zero-order chi connectivity index (χ0) is 13.9. The van der Waals surface area contributed by atoms with Crippen LogP contribution in [0.4, 0.5) is 11.4 Å². The van der Waals surface area contributed by atoms with Crippen molar-refractivity contribution in [1.82, 2.24) is 0 Å². The van der Waals surface area contributed by atoms with Crippen LogP contribution in [0.3, 0.4) is 0 Å². The van der Waals surface area contributed by atoms with Crippen molar-refractivity contribution in [3.63, 3.8) is 0 Å². The Hall–Kier alpha value is -1.49. The Kier molecular flexibility index (Phi) is 5.28. The van der Waals surface area contributed by atoms with E-state index in [1.165, 1.54) is 0 Å². The predicted octanol–water partition coefficient (Wildman–Crippen LogP) is -0.536. The molecule has 0 aromatic heterocycles. The fourth-order valence-corrected chi connectivity index (χ4v) is 2.40. The molecule has 4 nitrogen and oxygen atoms in total. The smallest absolute Gasteiger partial charge is 0.550 e. The van der Waals surface area contributed by atoms with E-state index in [0.717, 1.165) is 22.9 Å². The summed E-state index contributed by atoms with van der Waals surface area (Å²) in [4.78, 5) is 12.7. The fourth-order valence-electron chi connectivity index (χ4n) is 2.40. The van der Waals surface area contributed by atoms with E-state index in [1.54, 1.807) is 0 Å². The van der Waals surface area contributed by atoms with Crippen LogP contribution in [-0.2, 0) is 4.79 Å². The molecule has 102 valence electrons. The second kappa shape index (κ2) is 6.98. The molecule has 0 saturated carbocycles. The predicted molar refractivity (Wildman–Crippen MR) is 74.2 cm³/mol. The molecule has 0 N–H and O–H groups in total. The van der Waals surface area contributed by atoms with Gasteiger partial charge in [-0.2, -0.15) is 0 Å². The molecule has 1 aliphatic heterocycles. The Bertz CT molecular complexity index is 599. The van der Waals surface area contributed by atoms with E-state index in [1.807, 2.05) is 48.5 Å². The maximum atomic E-state index is 10.6. The molecule has 0 bridgehead atoms. The van der Waals surface area contributed by atoms with Crippen LogP contribution in [0, 0.1) is 0 Å². The van der Waals surface area contributed by atoms with Crippen LogP contribution >= 0.6 is 0 Å². The molecule has 0 spiro atoms. The van der Waals surface area contributed by atoms with Crippen LogP contribution in [0.5, 0.6) is 11.5 Å². The molecular weight excluding hydrogens is 277 g/mol. The Labute approximate surface area is 145 Å². The second-order valence-electron chi connectivity index (χ2n) is 4.66. The first kappa shape index (κ1) is 15.9. The fraction of sp³-hybridized carbons (Fsp3) is 0.188. The Balaban J connectivity index is 0.00000161. The number of carbonyl (C=O) groups excluding carboxylic acids is 1. The Morgan fingerprint density at radius 2 is 1.52 bits per heavy atom. The molecule has 1 aliphatic rings. The van der Waals surface area contributed by atoms with E-state index in [2.05, 4.69) is 4.90 Å². The van der Waals surface area contributed by atoms with Crippen molar-refractivity contribution < 1.29 is 44.2 Å². The number of carboxylic acids is 1. The van der Waals surface area contributed by atoms with Crippen LogP contribution in [0.25, 0.3) is 0 Å². The van der Waals surface area contributed by atoms with Gasteiger partial charge in [0.15, 0.2) is 11.5 Å². The van der Waals surface area contributed by atoms with Gasteiger partial charge in [0.05, 0.1) is 11.4 Å². The minimum Gasteiger partial charge on any atom is -0.550 e. The number of benzene rings is 2. The molecule has 3 rings (SSSR count). The zero-order valence-corrected chi connectivity index (χ0v) is 13.9. The second-order valence-corrected chi connectivity index (χ2v) is 4.66. The van der Waals surface area contributed by atoms with E-state index >= 15 is 0 Å². The van der Waals surface area contributed by atoms with Crippen molar-refractivity contribution in [2.75, 3.05) is 11.4 Å². The van der Waals surface area contributed by atoms with Gasteiger partial charge in [-0.1, -0.05) is 24.3 Å². The summed E-state index contributed by atoms with van der Waals surface area (Å²) in [6, 6.07) is 15.5. The maximum Gasteiger partial charge on any atom is 1.00 e. The summed E-state index contributed by atoms with van der Waals surface area (Å²) < 4.78 is 5.86. The summed E-state index contributed by atoms with van der Waals surface area (Å²) in [7, 11) is 0. The van der Waals surface area contributed by atoms with Crippen LogP contribution in [-0.4, -0.2) is 12.5 Å². The topological polar surface area (TPSA) is 52.6 Å². The molecule has 0 unspecified atom stereocenters. The normalized spacial score (nSPS) is 11.7.